The number of phenolic OH excluding ortho intramolecular Hbond substituents is 1. The summed E-state index contributed by atoms with van der Waals surface area (Å²) in [7, 11) is 0. The number of aromatic hydroxyl groups is 1. The molecule has 3 amide bonds. The summed E-state index contributed by atoms with van der Waals surface area (Å²) in [5.74, 6) is -1.82. The Balaban J connectivity index is 1.72. The fraction of sp³-hybridized carbons (Fsp3) is 0.105. The molecule has 8 heteroatoms. The van der Waals surface area contributed by atoms with Crippen LogP contribution in [0.1, 0.15) is 11.1 Å². The lowest BCUT2D eigenvalue weighted by atomic mass is 10.2. The van der Waals surface area contributed by atoms with Gasteiger partial charge in [0.1, 0.15) is 18.1 Å². The first kappa shape index (κ1) is 18.7. The van der Waals surface area contributed by atoms with Crippen molar-refractivity contribution in [2.24, 2.45) is 0 Å². The maximum Gasteiger partial charge on any atom is 0.294 e. The molecule has 3 rings (SSSR count). The van der Waals surface area contributed by atoms with Crippen molar-refractivity contribution in [3.05, 3.63) is 64.3 Å². The van der Waals surface area contributed by atoms with E-state index < -0.39 is 29.4 Å². The lowest BCUT2D eigenvalue weighted by Crippen LogP contribution is -2.36. The van der Waals surface area contributed by atoms with E-state index in [0.717, 1.165) is 10.5 Å². The predicted molar refractivity (Wildman–Crippen MR) is 101 cm³/mol. The highest BCUT2D eigenvalue weighted by Crippen LogP contribution is 2.32. The second kappa shape index (κ2) is 7.63. The number of phenols is 1. The summed E-state index contributed by atoms with van der Waals surface area (Å²) in [6.45, 7) is 1.31. The monoisotopic (exact) mass is 386 g/mol. The predicted octanol–water partition coefficient (Wildman–Crippen LogP) is 3.51. The van der Waals surface area contributed by atoms with Crippen molar-refractivity contribution in [3.8, 4) is 5.75 Å². The van der Waals surface area contributed by atoms with Crippen molar-refractivity contribution >= 4 is 40.6 Å². The fourth-order valence-electron chi connectivity index (χ4n) is 2.47. The molecule has 0 radical (unpaired) electrons. The zero-order chi connectivity index (χ0) is 19.6. The van der Waals surface area contributed by atoms with E-state index in [-0.39, 0.29) is 16.3 Å². The van der Waals surface area contributed by atoms with Gasteiger partial charge >= 0.3 is 0 Å². The molecular formula is C19H15FN2O4S. The zero-order valence-corrected chi connectivity index (χ0v) is 15.0. The number of carbonyl (C=O) groups is 3. The number of benzene rings is 2. The van der Waals surface area contributed by atoms with Crippen molar-refractivity contribution in [2.45, 2.75) is 6.92 Å². The lowest BCUT2D eigenvalue weighted by molar-refractivity contribution is -0.127. The third-order valence-electron chi connectivity index (χ3n) is 3.75. The smallest absolute Gasteiger partial charge is 0.294 e. The van der Waals surface area contributed by atoms with Gasteiger partial charge in [-0.2, -0.15) is 0 Å². The molecule has 2 N–H and O–H groups in total. The van der Waals surface area contributed by atoms with Crippen LogP contribution in [0.4, 0.5) is 14.9 Å². The Kier molecular flexibility index (Phi) is 5.27. The number of thioether (sulfide) groups is 1. The van der Waals surface area contributed by atoms with Gasteiger partial charge in [-0.25, -0.2) is 4.39 Å². The second-order valence-corrected chi connectivity index (χ2v) is 6.88. The number of rotatable bonds is 4. The Morgan fingerprint density at radius 3 is 2.78 bits per heavy atom. The van der Waals surface area contributed by atoms with E-state index in [1.54, 1.807) is 25.1 Å². The minimum absolute atomic E-state index is 0.108. The van der Waals surface area contributed by atoms with Crippen molar-refractivity contribution < 1.29 is 23.9 Å². The Morgan fingerprint density at radius 1 is 1.26 bits per heavy atom. The molecular weight excluding hydrogens is 371 g/mol. The van der Waals surface area contributed by atoms with E-state index in [9.17, 15) is 23.9 Å². The van der Waals surface area contributed by atoms with Crippen molar-refractivity contribution in [2.75, 3.05) is 11.9 Å². The number of hydrogen-bond acceptors (Lipinski definition) is 5. The molecule has 1 aliphatic rings. The average molecular weight is 386 g/mol. The van der Waals surface area contributed by atoms with E-state index in [2.05, 4.69) is 5.32 Å². The number of nitrogens with one attached hydrogen (secondary N) is 1. The summed E-state index contributed by atoms with van der Waals surface area (Å²) >= 11 is 0.683. The normalized spacial score (nSPS) is 15.5. The van der Waals surface area contributed by atoms with Crippen molar-refractivity contribution in [1.82, 2.24) is 4.90 Å². The van der Waals surface area contributed by atoms with Crippen LogP contribution in [0.15, 0.2) is 47.4 Å². The van der Waals surface area contributed by atoms with E-state index in [1.165, 1.54) is 30.3 Å². The van der Waals surface area contributed by atoms with Crippen LogP contribution in [0, 0.1) is 12.7 Å². The third-order valence-corrected chi connectivity index (χ3v) is 4.66. The molecule has 1 heterocycles. The van der Waals surface area contributed by atoms with E-state index in [1.807, 2.05) is 0 Å². The lowest BCUT2D eigenvalue weighted by Gasteiger charge is -2.13. The first-order valence-electron chi connectivity index (χ1n) is 7.94. The molecule has 1 saturated heterocycles. The summed E-state index contributed by atoms with van der Waals surface area (Å²) < 4.78 is 13.3. The van der Waals surface area contributed by atoms with Crippen LogP contribution in [0.3, 0.4) is 0 Å². The van der Waals surface area contributed by atoms with Gasteiger partial charge in [0.25, 0.3) is 11.1 Å². The number of nitrogens with zero attached hydrogens (tertiary/aromatic N) is 1. The van der Waals surface area contributed by atoms with Crippen molar-refractivity contribution in [3.63, 3.8) is 0 Å². The molecule has 0 spiro atoms. The number of hydrogen-bond donors (Lipinski definition) is 2. The molecule has 27 heavy (non-hydrogen) atoms. The molecule has 6 nitrogen and oxygen atoms in total. The van der Waals surface area contributed by atoms with E-state index in [0.29, 0.717) is 17.3 Å². The van der Waals surface area contributed by atoms with Crippen molar-refractivity contribution in [1.29, 1.82) is 0 Å². The third kappa shape index (κ3) is 4.35. The summed E-state index contributed by atoms with van der Waals surface area (Å²) in [5, 5.41) is 11.7. The van der Waals surface area contributed by atoms with Crippen LogP contribution in [0.25, 0.3) is 6.08 Å². The number of amides is 3. The minimum Gasteiger partial charge on any atom is -0.506 e. The van der Waals surface area contributed by atoms with Gasteiger partial charge in [0.15, 0.2) is 0 Å². The number of anilines is 1. The topological polar surface area (TPSA) is 86.7 Å². The minimum atomic E-state index is -0.627. The molecule has 2 aromatic carbocycles. The van der Waals surface area contributed by atoms with Crippen LogP contribution in [0.2, 0.25) is 0 Å². The molecule has 2 aromatic rings. The molecule has 1 fully saturated rings. The quantitative estimate of drug-likeness (QED) is 0.620. The molecule has 1 aliphatic heterocycles. The van der Waals surface area contributed by atoms with Gasteiger partial charge in [0.2, 0.25) is 5.91 Å². The van der Waals surface area contributed by atoms with Gasteiger partial charge in [0, 0.05) is 0 Å². The number of halogens is 1. The Hall–Kier alpha value is -3.13. The SMILES string of the molecule is Cc1ccc(O)c(NC(=O)CN2C(=O)S/C(=C\c3cccc(F)c3)C2=O)c1. The average Bonchev–Trinajstić information content (AvgIpc) is 2.86. The van der Waals surface area contributed by atoms with Crippen LogP contribution >= 0.6 is 11.8 Å². The highest BCUT2D eigenvalue weighted by atomic mass is 32.2. The van der Waals surface area contributed by atoms with Crippen LogP contribution in [0.5, 0.6) is 5.75 Å². The van der Waals surface area contributed by atoms with Gasteiger partial charge in [-0.1, -0.05) is 18.2 Å². The Morgan fingerprint density at radius 2 is 2.04 bits per heavy atom. The Bertz CT molecular complexity index is 974. The van der Waals surface area contributed by atoms with E-state index >= 15 is 0 Å². The molecule has 0 atom stereocenters. The number of imide groups is 1. The maximum absolute atomic E-state index is 13.3. The van der Waals surface area contributed by atoms with Crippen LogP contribution in [-0.2, 0) is 9.59 Å². The molecule has 138 valence electrons. The zero-order valence-electron chi connectivity index (χ0n) is 14.2. The summed E-state index contributed by atoms with van der Waals surface area (Å²) in [4.78, 5) is 37.6. The highest BCUT2D eigenvalue weighted by molar-refractivity contribution is 8.18. The van der Waals surface area contributed by atoms with Crippen LogP contribution < -0.4 is 5.32 Å². The fourth-order valence-corrected chi connectivity index (χ4v) is 3.31. The van der Waals surface area contributed by atoms with Gasteiger partial charge < -0.3 is 10.4 Å². The molecule has 0 saturated carbocycles. The Labute approximate surface area is 158 Å². The van der Waals surface area contributed by atoms with Crippen LogP contribution in [-0.4, -0.2) is 33.6 Å². The molecule has 0 aliphatic carbocycles. The highest BCUT2D eigenvalue weighted by Gasteiger charge is 2.36. The molecule has 0 unspecified atom stereocenters. The van der Waals surface area contributed by atoms with Gasteiger partial charge in [-0.05, 0) is 60.2 Å². The number of aryl methyl sites for hydroxylation is 1. The van der Waals surface area contributed by atoms with E-state index in [4.69, 9.17) is 0 Å². The van der Waals surface area contributed by atoms with Gasteiger partial charge in [-0.15, -0.1) is 0 Å². The number of carbonyl (C=O) groups excluding carboxylic acids is 3. The standard InChI is InChI=1S/C19H15FN2O4S/c1-11-5-6-15(23)14(7-11)21-17(24)10-22-18(25)16(27-19(22)26)9-12-3-2-4-13(20)8-12/h2-9,23H,10H2,1H3,(H,21,24)/b16-9-. The maximum atomic E-state index is 13.3. The molecule has 0 bridgehead atoms. The first-order chi connectivity index (χ1) is 12.8. The molecule has 0 aromatic heterocycles. The summed E-state index contributed by atoms with van der Waals surface area (Å²) in [6.07, 6.45) is 1.40. The van der Waals surface area contributed by atoms with Gasteiger partial charge in [-0.3, -0.25) is 19.3 Å². The summed E-state index contributed by atoms with van der Waals surface area (Å²) in [5.41, 5.74) is 1.46. The summed E-state index contributed by atoms with van der Waals surface area (Å²) in [6, 6.07) is 10.3. The largest absolute Gasteiger partial charge is 0.506 e. The second-order valence-electron chi connectivity index (χ2n) is 5.89. The van der Waals surface area contributed by atoms with Gasteiger partial charge in [0.05, 0.1) is 10.6 Å². The first-order valence-corrected chi connectivity index (χ1v) is 8.75.